The van der Waals surface area contributed by atoms with Crippen molar-refractivity contribution >= 4 is 28.6 Å². The number of hydrogen-bond acceptors (Lipinski definition) is 2. The SMILES string of the molecule is CC[C@@H](I)[C@@H](O)C(=O)O. The zero-order valence-electron chi connectivity index (χ0n) is 5.04. The van der Waals surface area contributed by atoms with E-state index in [9.17, 15) is 4.79 Å². The quantitative estimate of drug-likeness (QED) is 0.566. The van der Waals surface area contributed by atoms with Crippen LogP contribution in [0.25, 0.3) is 0 Å². The fraction of sp³-hybridized carbons (Fsp3) is 0.800. The minimum absolute atomic E-state index is 0.180. The number of carboxylic acid groups (broad SMARTS) is 1. The van der Waals surface area contributed by atoms with E-state index in [0.29, 0.717) is 6.42 Å². The van der Waals surface area contributed by atoms with Gasteiger partial charge in [-0.2, -0.15) is 0 Å². The van der Waals surface area contributed by atoms with Crippen molar-refractivity contribution in [2.75, 3.05) is 0 Å². The second-order valence-corrected chi connectivity index (χ2v) is 3.31. The van der Waals surface area contributed by atoms with Crippen molar-refractivity contribution < 1.29 is 15.0 Å². The molecule has 0 bridgehead atoms. The molecule has 0 aliphatic heterocycles. The lowest BCUT2D eigenvalue weighted by molar-refractivity contribution is -0.146. The smallest absolute Gasteiger partial charge is 0.333 e. The number of carbonyl (C=O) groups is 1. The van der Waals surface area contributed by atoms with Crippen LogP contribution in [0.4, 0.5) is 0 Å². The summed E-state index contributed by atoms with van der Waals surface area (Å²) in [6.07, 6.45) is -0.538. The standard InChI is InChI=1S/C5H9IO3/c1-2-3(6)4(7)5(8)9/h3-4,7H,2H2,1H3,(H,8,9)/t3-,4-/m1/s1. The van der Waals surface area contributed by atoms with Crippen molar-refractivity contribution in [1.82, 2.24) is 0 Å². The molecular weight excluding hydrogens is 235 g/mol. The van der Waals surface area contributed by atoms with E-state index in [1.165, 1.54) is 0 Å². The van der Waals surface area contributed by atoms with Crippen molar-refractivity contribution in [2.45, 2.75) is 23.4 Å². The van der Waals surface area contributed by atoms with E-state index in [1.54, 1.807) is 0 Å². The number of alkyl halides is 1. The minimum atomic E-state index is -1.21. The number of hydrogen-bond donors (Lipinski definition) is 2. The fourth-order valence-corrected chi connectivity index (χ4v) is 0.686. The van der Waals surface area contributed by atoms with E-state index < -0.39 is 12.1 Å². The van der Waals surface area contributed by atoms with E-state index in [-0.39, 0.29) is 3.92 Å². The van der Waals surface area contributed by atoms with Gasteiger partial charge >= 0.3 is 5.97 Å². The number of carboxylic acids is 1. The molecular formula is C5H9IO3. The molecule has 0 rings (SSSR count). The Bertz CT molecular complexity index is 104. The number of aliphatic carboxylic acids is 1. The highest BCUT2D eigenvalue weighted by Crippen LogP contribution is 2.10. The average Bonchev–Trinajstić information content (AvgIpc) is 1.84. The Morgan fingerprint density at radius 1 is 1.78 bits per heavy atom. The number of aliphatic hydroxyl groups is 1. The minimum Gasteiger partial charge on any atom is -0.479 e. The molecule has 2 atom stereocenters. The highest BCUT2D eigenvalue weighted by molar-refractivity contribution is 14.1. The van der Waals surface area contributed by atoms with Crippen LogP contribution >= 0.6 is 22.6 Å². The van der Waals surface area contributed by atoms with Crippen LogP contribution in [-0.2, 0) is 4.79 Å². The number of aliphatic hydroxyl groups excluding tert-OH is 1. The van der Waals surface area contributed by atoms with Crippen LogP contribution in [0.1, 0.15) is 13.3 Å². The number of rotatable bonds is 3. The molecule has 0 radical (unpaired) electrons. The lowest BCUT2D eigenvalue weighted by atomic mass is 10.2. The first-order valence-electron chi connectivity index (χ1n) is 2.64. The lowest BCUT2D eigenvalue weighted by Crippen LogP contribution is -2.28. The van der Waals surface area contributed by atoms with Gasteiger partial charge in [-0.3, -0.25) is 0 Å². The summed E-state index contributed by atoms with van der Waals surface area (Å²) in [5.41, 5.74) is 0. The highest BCUT2D eigenvalue weighted by Gasteiger charge is 2.20. The zero-order chi connectivity index (χ0) is 7.44. The van der Waals surface area contributed by atoms with Gasteiger partial charge in [-0.1, -0.05) is 29.5 Å². The first kappa shape index (κ1) is 9.16. The Morgan fingerprint density at radius 3 is 2.33 bits per heavy atom. The summed E-state index contributed by atoms with van der Waals surface area (Å²) in [6.45, 7) is 1.84. The van der Waals surface area contributed by atoms with Crippen LogP contribution in [0.2, 0.25) is 0 Å². The number of halogens is 1. The van der Waals surface area contributed by atoms with Gasteiger partial charge in [0.05, 0.1) is 0 Å². The molecule has 0 aromatic carbocycles. The Morgan fingerprint density at radius 2 is 2.22 bits per heavy atom. The summed E-state index contributed by atoms with van der Waals surface area (Å²) < 4.78 is -0.180. The third kappa shape index (κ3) is 3.00. The summed E-state index contributed by atoms with van der Waals surface area (Å²) in [5, 5.41) is 17.0. The molecule has 3 nitrogen and oxygen atoms in total. The molecule has 9 heavy (non-hydrogen) atoms. The third-order valence-corrected chi connectivity index (χ3v) is 2.55. The second kappa shape index (κ2) is 4.05. The first-order chi connectivity index (χ1) is 4.09. The molecule has 0 unspecified atom stereocenters. The van der Waals surface area contributed by atoms with Crippen LogP contribution in [0.3, 0.4) is 0 Å². The average molecular weight is 244 g/mol. The van der Waals surface area contributed by atoms with Crippen molar-refractivity contribution in [1.29, 1.82) is 0 Å². The molecule has 0 saturated carbocycles. The Balaban J connectivity index is 3.72. The molecule has 0 saturated heterocycles. The van der Waals surface area contributed by atoms with Crippen molar-refractivity contribution in [3.8, 4) is 0 Å². The van der Waals surface area contributed by atoms with Crippen LogP contribution in [0.15, 0.2) is 0 Å². The van der Waals surface area contributed by atoms with Crippen LogP contribution in [-0.4, -0.2) is 26.2 Å². The van der Waals surface area contributed by atoms with Crippen LogP contribution in [0, 0.1) is 0 Å². The van der Waals surface area contributed by atoms with Crippen molar-refractivity contribution in [3.63, 3.8) is 0 Å². The summed E-state index contributed by atoms with van der Waals surface area (Å²) in [4.78, 5) is 10.0. The van der Waals surface area contributed by atoms with Gasteiger partial charge in [0.2, 0.25) is 0 Å². The Labute approximate surface area is 67.2 Å². The normalized spacial score (nSPS) is 16.8. The van der Waals surface area contributed by atoms with Gasteiger partial charge in [-0.25, -0.2) is 4.79 Å². The van der Waals surface area contributed by atoms with E-state index in [1.807, 2.05) is 29.5 Å². The molecule has 0 heterocycles. The Hall–Kier alpha value is 0.160. The van der Waals surface area contributed by atoms with Crippen LogP contribution in [0.5, 0.6) is 0 Å². The van der Waals surface area contributed by atoms with E-state index in [2.05, 4.69) is 0 Å². The maximum absolute atomic E-state index is 10.0. The predicted octanol–water partition coefficient (Wildman–Crippen LogP) is 0.645. The van der Waals surface area contributed by atoms with Gasteiger partial charge in [0.15, 0.2) is 6.10 Å². The van der Waals surface area contributed by atoms with Crippen molar-refractivity contribution in [3.05, 3.63) is 0 Å². The monoisotopic (exact) mass is 244 g/mol. The summed E-state index contributed by atoms with van der Waals surface area (Å²) >= 11 is 1.92. The molecule has 0 aromatic rings. The summed E-state index contributed by atoms with van der Waals surface area (Å²) in [5.74, 6) is -1.14. The van der Waals surface area contributed by atoms with Gasteiger partial charge in [-0.05, 0) is 6.42 Å². The molecule has 0 amide bonds. The van der Waals surface area contributed by atoms with Gasteiger partial charge in [0, 0.05) is 3.92 Å². The maximum Gasteiger partial charge on any atom is 0.333 e. The second-order valence-electron chi connectivity index (χ2n) is 1.71. The maximum atomic E-state index is 10.0. The van der Waals surface area contributed by atoms with Crippen LogP contribution < -0.4 is 0 Å². The zero-order valence-corrected chi connectivity index (χ0v) is 7.20. The van der Waals surface area contributed by atoms with E-state index in [0.717, 1.165) is 0 Å². The largest absolute Gasteiger partial charge is 0.479 e. The van der Waals surface area contributed by atoms with E-state index >= 15 is 0 Å². The first-order valence-corrected chi connectivity index (χ1v) is 3.89. The highest BCUT2D eigenvalue weighted by atomic mass is 127. The molecule has 54 valence electrons. The predicted molar refractivity (Wildman–Crippen MR) is 41.7 cm³/mol. The lowest BCUT2D eigenvalue weighted by Gasteiger charge is -2.09. The molecule has 0 aliphatic rings. The van der Waals surface area contributed by atoms with Gasteiger partial charge < -0.3 is 10.2 Å². The molecule has 0 aliphatic carbocycles. The fourth-order valence-electron chi connectivity index (χ4n) is 0.378. The molecule has 4 heteroatoms. The van der Waals surface area contributed by atoms with Crippen molar-refractivity contribution in [2.24, 2.45) is 0 Å². The van der Waals surface area contributed by atoms with Gasteiger partial charge in [-0.15, -0.1) is 0 Å². The third-order valence-electron chi connectivity index (χ3n) is 0.986. The summed E-state index contributed by atoms with van der Waals surface area (Å²) in [6, 6.07) is 0. The molecule has 2 N–H and O–H groups in total. The topological polar surface area (TPSA) is 57.5 Å². The van der Waals surface area contributed by atoms with Gasteiger partial charge in [0.25, 0.3) is 0 Å². The van der Waals surface area contributed by atoms with Gasteiger partial charge in [0.1, 0.15) is 0 Å². The molecule has 0 fully saturated rings. The Kier molecular flexibility index (Phi) is 4.12. The molecule has 0 spiro atoms. The summed E-state index contributed by atoms with van der Waals surface area (Å²) in [7, 11) is 0. The molecule has 0 aromatic heterocycles. The van der Waals surface area contributed by atoms with E-state index in [4.69, 9.17) is 10.2 Å².